The van der Waals surface area contributed by atoms with Crippen LogP contribution in [0.2, 0.25) is 0 Å². The van der Waals surface area contributed by atoms with Gasteiger partial charge in [-0.2, -0.15) is 16.9 Å². The maximum absolute atomic E-state index is 12.2. The molecule has 1 atom stereocenters. The minimum absolute atomic E-state index is 0. The average molecular weight is 353 g/mol. The summed E-state index contributed by atoms with van der Waals surface area (Å²) in [5.41, 5.74) is 2.10. The molecule has 1 unspecified atom stereocenters. The summed E-state index contributed by atoms with van der Waals surface area (Å²) >= 11 is 1.89. The van der Waals surface area contributed by atoms with Gasteiger partial charge in [-0.05, 0) is 18.6 Å². The predicted molar refractivity (Wildman–Crippen MR) is 97.9 cm³/mol. The number of aromatic nitrogens is 2. The van der Waals surface area contributed by atoms with Gasteiger partial charge in [-0.15, -0.1) is 12.4 Å². The number of hydrogen-bond donors (Lipinski definition) is 2. The Morgan fingerprint density at radius 2 is 2.26 bits per heavy atom. The van der Waals surface area contributed by atoms with E-state index in [1.54, 1.807) is 10.9 Å². The van der Waals surface area contributed by atoms with Gasteiger partial charge >= 0.3 is 0 Å². The van der Waals surface area contributed by atoms with Gasteiger partial charge in [-0.3, -0.25) is 4.79 Å². The van der Waals surface area contributed by atoms with Crippen LogP contribution < -0.4 is 10.6 Å². The summed E-state index contributed by atoms with van der Waals surface area (Å²) in [5, 5.41) is 10.7. The average Bonchev–Trinajstić information content (AvgIpc) is 2.96. The lowest BCUT2D eigenvalue weighted by molar-refractivity contribution is -0.116. The molecule has 1 aromatic heterocycles. The summed E-state index contributed by atoms with van der Waals surface area (Å²) in [7, 11) is 0. The van der Waals surface area contributed by atoms with E-state index in [-0.39, 0.29) is 24.4 Å². The summed E-state index contributed by atoms with van der Waals surface area (Å²) in [6.07, 6.45) is 2.20. The van der Waals surface area contributed by atoms with Crippen LogP contribution in [-0.2, 0) is 4.79 Å². The van der Waals surface area contributed by atoms with Gasteiger partial charge in [0, 0.05) is 36.6 Å². The van der Waals surface area contributed by atoms with Gasteiger partial charge in [0.05, 0.1) is 11.9 Å². The second-order valence-electron chi connectivity index (χ2n) is 5.39. The zero-order valence-corrected chi connectivity index (χ0v) is 14.6. The summed E-state index contributed by atoms with van der Waals surface area (Å²) in [6.45, 7) is 3.01. The summed E-state index contributed by atoms with van der Waals surface area (Å²) in [4.78, 5) is 12.2. The molecule has 124 valence electrons. The Balaban J connectivity index is 0.00000192. The molecular weight excluding hydrogens is 332 g/mol. The minimum atomic E-state index is 0. The van der Waals surface area contributed by atoms with E-state index in [1.807, 2.05) is 49.0 Å². The third-order valence-corrected chi connectivity index (χ3v) is 4.81. The van der Waals surface area contributed by atoms with E-state index < -0.39 is 0 Å². The number of aryl methyl sites for hydroxylation is 1. The lowest BCUT2D eigenvalue weighted by Crippen LogP contribution is -2.40. The van der Waals surface area contributed by atoms with E-state index in [0.717, 1.165) is 29.3 Å². The third kappa shape index (κ3) is 4.50. The van der Waals surface area contributed by atoms with Crippen molar-refractivity contribution in [3.8, 4) is 5.69 Å². The Morgan fingerprint density at radius 1 is 1.43 bits per heavy atom. The summed E-state index contributed by atoms with van der Waals surface area (Å²) < 4.78 is 1.77. The van der Waals surface area contributed by atoms with E-state index in [4.69, 9.17) is 0 Å². The maximum Gasteiger partial charge on any atom is 0.227 e. The van der Waals surface area contributed by atoms with Crippen molar-refractivity contribution in [2.24, 2.45) is 0 Å². The second-order valence-corrected chi connectivity index (χ2v) is 6.54. The number of carbonyl (C=O) groups is 1. The number of halogens is 1. The van der Waals surface area contributed by atoms with Gasteiger partial charge in [-0.1, -0.05) is 18.2 Å². The Labute approximate surface area is 146 Å². The standard InChI is InChI=1S/C16H20N4OS.ClH/c1-12-4-2-3-5-14(12)20-15(6-7-18-20)19-16(21)10-13-11-22-9-8-17-13;/h2-7,13,17H,8-11H2,1H3,(H,19,21);1H. The van der Waals surface area contributed by atoms with Gasteiger partial charge < -0.3 is 10.6 Å². The molecule has 1 saturated heterocycles. The molecular formula is C16H21ClN4OS. The molecule has 0 bridgehead atoms. The molecule has 1 amide bonds. The van der Waals surface area contributed by atoms with Gasteiger partial charge in [-0.25, -0.2) is 4.68 Å². The quantitative estimate of drug-likeness (QED) is 0.888. The van der Waals surface area contributed by atoms with Crippen LogP contribution >= 0.6 is 24.2 Å². The van der Waals surface area contributed by atoms with Gasteiger partial charge in [0.15, 0.2) is 0 Å². The van der Waals surface area contributed by atoms with Crippen LogP contribution in [0.4, 0.5) is 5.82 Å². The third-order valence-electron chi connectivity index (χ3n) is 3.68. The van der Waals surface area contributed by atoms with Crippen molar-refractivity contribution >= 4 is 35.9 Å². The zero-order chi connectivity index (χ0) is 15.4. The molecule has 0 saturated carbocycles. The molecule has 1 aliphatic heterocycles. The van der Waals surface area contributed by atoms with Crippen molar-refractivity contribution < 1.29 is 4.79 Å². The molecule has 0 radical (unpaired) electrons. The molecule has 7 heteroatoms. The van der Waals surface area contributed by atoms with Crippen LogP contribution in [0, 0.1) is 6.92 Å². The topological polar surface area (TPSA) is 59.0 Å². The monoisotopic (exact) mass is 352 g/mol. The van der Waals surface area contributed by atoms with E-state index in [2.05, 4.69) is 15.7 Å². The summed E-state index contributed by atoms with van der Waals surface area (Å²) in [5.74, 6) is 2.85. The highest BCUT2D eigenvalue weighted by molar-refractivity contribution is 7.99. The molecule has 0 aliphatic carbocycles. The molecule has 1 aliphatic rings. The van der Waals surface area contributed by atoms with Crippen LogP contribution in [0.25, 0.3) is 5.69 Å². The van der Waals surface area contributed by atoms with Crippen LogP contribution in [0.5, 0.6) is 0 Å². The lowest BCUT2D eigenvalue weighted by atomic mass is 10.2. The number of benzene rings is 1. The Morgan fingerprint density at radius 3 is 3.00 bits per heavy atom. The first-order valence-corrected chi connectivity index (χ1v) is 8.60. The maximum atomic E-state index is 12.2. The molecule has 3 rings (SSSR count). The Bertz CT molecular complexity index is 655. The zero-order valence-electron chi connectivity index (χ0n) is 13.0. The summed E-state index contributed by atoms with van der Waals surface area (Å²) in [6, 6.07) is 10.1. The number of para-hydroxylation sites is 1. The largest absolute Gasteiger partial charge is 0.312 e. The number of carbonyl (C=O) groups excluding carboxylic acids is 1. The van der Waals surface area contributed by atoms with Crippen molar-refractivity contribution in [2.75, 3.05) is 23.4 Å². The number of rotatable bonds is 4. The molecule has 1 fully saturated rings. The van der Waals surface area contributed by atoms with E-state index in [9.17, 15) is 4.79 Å². The highest BCUT2D eigenvalue weighted by Gasteiger charge is 2.18. The SMILES string of the molecule is Cc1ccccc1-n1nccc1NC(=O)CC1CSCCN1.Cl. The number of hydrogen-bond acceptors (Lipinski definition) is 4. The highest BCUT2D eigenvalue weighted by atomic mass is 35.5. The fourth-order valence-electron chi connectivity index (χ4n) is 2.56. The van der Waals surface area contributed by atoms with Crippen molar-refractivity contribution in [1.82, 2.24) is 15.1 Å². The molecule has 0 spiro atoms. The molecule has 2 N–H and O–H groups in total. The molecule has 5 nitrogen and oxygen atoms in total. The molecule has 1 aromatic carbocycles. The molecule has 23 heavy (non-hydrogen) atoms. The number of thioether (sulfide) groups is 1. The number of amides is 1. The molecule has 2 aromatic rings. The Kier molecular flexibility index (Phi) is 6.50. The fourth-order valence-corrected chi connectivity index (χ4v) is 3.51. The van der Waals surface area contributed by atoms with E-state index in [0.29, 0.717) is 12.2 Å². The van der Waals surface area contributed by atoms with Gasteiger partial charge in [0.1, 0.15) is 5.82 Å². The predicted octanol–water partition coefficient (Wildman–Crippen LogP) is 2.64. The fraction of sp³-hybridized carbons (Fsp3) is 0.375. The van der Waals surface area contributed by atoms with E-state index in [1.165, 1.54) is 0 Å². The number of nitrogens with one attached hydrogen (secondary N) is 2. The highest BCUT2D eigenvalue weighted by Crippen LogP contribution is 2.19. The van der Waals surface area contributed by atoms with Crippen LogP contribution in [0.15, 0.2) is 36.5 Å². The van der Waals surface area contributed by atoms with Crippen molar-refractivity contribution in [1.29, 1.82) is 0 Å². The van der Waals surface area contributed by atoms with Crippen LogP contribution in [0.1, 0.15) is 12.0 Å². The smallest absolute Gasteiger partial charge is 0.227 e. The van der Waals surface area contributed by atoms with Gasteiger partial charge in [0.2, 0.25) is 5.91 Å². The van der Waals surface area contributed by atoms with Crippen LogP contribution in [-0.4, -0.2) is 39.8 Å². The normalized spacial score (nSPS) is 17.3. The van der Waals surface area contributed by atoms with Crippen molar-refractivity contribution in [3.63, 3.8) is 0 Å². The number of nitrogens with zero attached hydrogens (tertiary/aromatic N) is 2. The lowest BCUT2D eigenvalue weighted by Gasteiger charge is -2.22. The number of anilines is 1. The van der Waals surface area contributed by atoms with Crippen molar-refractivity contribution in [2.45, 2.75) is 19.4 Å². The van der Waals surface area contributed by atoms with Crippen molar-refractivity contribution in [3.05, 3.63) is 42.1 Å². The first-order chi connectivity index (χ1) is 10.7. The second kappa shape index (κ2) is 8.38. The Hall–Kier alpha value is -1.50. The first-order valence-electron chi connectivity index (χ1n) is 7.45. The van der Waals surface area contributed by atoms with E-state index >= 15 is 0 Å². The van der Waals surface area contributed by atoms with Crippen LogP contribution in [0.3, 0.4) is 0 Å². The van der Waals surface area contributed by atoms with Gasteiger partial charge in [0.25, 0.3) is 0 Å². The molecule has 2 heterocycles. The minimum Gasteiger partial charge on any atom is -0.312 e. The first kappa shape index (κ1) is 17.8.